The molecule has 1 aliphatic rings. The van der Waals surface area contributed by atoms with E-state index < -0.39 is 0 Å². The van der Waals surface area contributed by atoms with Crippen LogP contribution in [0, 0.1) is 0 Å². The van der Waals surface area contributed by atoms with Gasteiger partial charge in [0.15, 0.2) is 0 Å². The van der Waals surface area contributed by atoms with Crippen LogP contribution in [0.3, 0.4) is 0 Å². The molecule has 0 radical (unpaired) electrons. The van der Waals surface area contributed by atoms with E-state index in [1.807, 2.05) is 0 Å². The van der Waals surface area contributed by atoms with Crippen LogP contribution in [0.4, 0.5) is 0 Å². The maximum atomic E-state index is 5.88. The lowest BCUT2D eigenvalue weighted by molar-refractivity contribution is 0.170. The molecular formula is C16H33NO. The molecule has 0 saturated carbocycles. The minimum absolute atomic E-state index is 0.463. The summed E-state index contributed by atoms with van der Waals surface area (Å²) < 4.78 is 5.88. The first-order valence-corrected chi connectivity index (χ1v) is 8.22. The summed E-state index contributed by atoms with van der Waals surface area (Å²) in [5, 5.41) is 0. The van der Waals surface area contributed by atoms with Crippen molar-refractivity contribution in [3.05, 3.63) is 0 Å². The monoisotopic (exact) mass is 255 g/mol. The van der Waals surface area contributed by atoms with Gasteiger partial charge in [-0.15, -0.1) is 0 Å². The molecule has 2 heteroatoms. The van der Waals surface area contributed by atoms with Crippen molar-refractivity contribution < 1.29 is 4.74 Å². The molecule has 1 saturated heterocycles. The molecule has 0 spiro atoms. The predicted molar refractivity (Wildman–Crippen MR) is 78.8 cm³/mol. The van der Waals surface area contributed by atoms with Gasteiger partial charge in [0.05, 0.1) is 6.10 Å². The van der Waals surface area contributed by atoms with Gasteiger partial charge in [-0.2, -0.15) is 0 Å². The quantitative estimate of drug-likeness (QED) is 0.374. The van der Waals surface area contributed by atoms with Crippen molar-refractivity contribution in [1.82, 2.24) is 4.90 Å². The van der Waals surface area contributed by atoms with Gasteiger partial charge in [-0.3, -0.25) is 4.90 Å². The minimum atomic E-state index is 0.463. The van der Waals surface area contributed by atoms with E-state index >= 15 is 0 Å². The molecule has 1 heterocycles. The van der Waals surface area contributed by atoms with E-state index in [1.54, 1.807) is 0 Å². The fourth-order valence-electron chi connectivity index (χ4n) is 2.53. The molecule has 0 aromatic rings. The third-order valence-electron chi connectivity index (χ3n) is 3.86. The van der Waals surface area contributed by atoms with Crippen LogP contribution >= 0.6 is 0 Å². The van der Waals surface area contributed by atoms with Crippen molar-refractivity contribution in [3.8, 4) is 0 Å². The average molecular weight is 255 g/mol. The van der Waals surface area contributed by atoms with Gasteiger partial charge in [-0.25, -0.2) is 0 Å². The highest BCUT2D eigenvalue weighted by Crippen LogP contribution is 2.31. The fourth-order valence-corrected chi connectivity index (χ4v) is 2.53. The summed E-state index contributed by atoms with van der Waals surface area (Å²) in [6, 6.07) is 0. The van der Waals surface area contributed by atoms with Gasteiger partial charge in [0.1, 0.15) is 6.23 Å². The van der Waals surface area contributed by atoms with Gasteiger partial charge in [-0.1, -0.05) is 59.3 Å². The maximum Gasteiger partial charge on any atom is 0.137 e. The van der Waals surface area contributed by atoms with Crippen molar-refractivity contribution in [3.63, 3.8) is 0 Å². The Hall–Kier alpha value is -0.0800. The first-order chi connectivity index (χ1) is 8.83. The lowest BCUT2D eigenvalue weighted by Crippen LogP contribution is -2.30. The third-order valence-corrected chi connectivity index (χ3v) is 3.86. The molecule has 0 N–H and O–H groups in total. The second-order valence-electron chi connectivity index (χ2n) is 5.66. The molecule has 1 rings (SSSR count). The molecule has 2 unspecified atom stereocenters. The van der Waals surface area contributed by atoms with Gasteiger partial charge < -0.3 is 4.74 Å². The highest BCUT2D eigenvalue weighted by molar-refractivity contribution is 4.85. The second kappa shape index (κ2) is 9.80. The van der Waals surface area contributed by atoms with Crippen LogP contribution in [-0.4, -0.2) is 30.3 Å². The Morgan fingerprint density at radius 3 is 1.94 bits per heavy atom. The number of rotatable bonds is 12. The number of epoxide rings is 1. The van der Waals surface area contributed by atoms with Crippen molar-refractivity contribution >= 4 is 0 Å². The van der Waals surface area contributed by atoms with E-state index in [2.05, 4.69) is 25.7 Å². The third kappa shape index (κ3) is 6.19. The number of hydrogen-bond acceptors (Lipinski definition) is 2. The molecule has 1 fully saturated rings. The number of unbranched alkanes of at least 4 members (excludes halogenated alkanes) is 5. The average Bonchev–Trinajstić information content (AvgIpc) is 3.14. The SMILES string of the molecule is CCCCCCC1OC1N(CCCC)CCCC. The Kier molecular flexibility index (Phi) is 8.70. The maximum absolute atomic E-state index is 5.88. The molecule has 0 bridgehead atoms. The Bertz CT molecular complexity index is 188. The summed E-state index contributed by atoms with van der Waals surface area (Å²) in [7, 11) is 0. The number of ether oxygens (including phenoxy) is 1. The van der Waals surface area contributed by atoms with Crippen LogP contribution in [0.15, 0.2) is 0 Å². The molecule has 0 aliphatic carbocycles. The van der Waals surface area contributed by atoms with Crippen molar-refractivity contribution in [1.29, 1.82) is 0 Å². The Morgan fingerprint density at radius 2 is 1.39 bits per heavy atom. The zero-order chi connectivity index (χ0) is 13.2. The molecule has 18 heavy (non-hydrogen) atoms. The highest BCUT2D eigenvalue weighted by atomic mass is 16.6. The van der Waals surface area contributed by atoms with Crippen LogP contribution in [0.1, 0.15) is 78.6 Å². The highest BCUT2D eigenvalue weighted by Gasteiger charge is 2.42. The van der Waals surface area contributed by atoms with Crippen LogP contribution in [-0.2, 0) is 4.74 Å². The second-order valence-corrected chi connectivity index (χ2v) is 5.66. The van der Waals surface area contributed by atoms with Crippen LogP contribution in [0.25, 0.3) is 0 Å². The molecule has 0 aromatic carbocycles. The van der Waals surface area contributed by atoms with Gasteiger partial charge in [0.25, 0.3) is 0 Å². The summed E-state index contributed by atoms with van der Waals surface area (Å²) in [5.74, 6) is 0. The van der Waals surface area contributed by atoms with Crippen LogP contribution in [0.2, 0.25) is 0 Å². The lowest BCUT2D eigenvalue weighted by atomic mass is 10.1. The summed E-state index contributed by atoms with van der Waals surface area (Å²) in [6.45, 7) is 9.27. The molecular weight excluding hydrogens is 222 g/mol. The Morgan fingerprint density at radius 1 is 0.778 bits per heavy atom. The van der Waals surface area contributed by atoms with E-state index in [1.165, 1.54) is 70.9 Å². The molecule has 2 atom stereocenters. The normalized spacial score (nSPS) is 22.7. The topological polar surface area (TPSA) is 15.8 Å². The van der Waals surface area contributed by atoms with Gasteiger partial charge >= 0.3 is 0 Å². The fraction of sp³-hybridized carbons (Fsp3) is 1.00. The zero-order valence-corrected chi connectivity index (χ0v) is 12.8. The van der Waals surface area contributed by atoms with Gasteiger partial charge in [0.2, 0.25) is 0 Å². The summed E-state index contributed by atoms with van der Waals surface area (Å²) >= 11 is 0. The first-order valence-electron chi connectivity index (χ1n) is 8.22. The Labute approximate surface area is 114 Å². The zero-order valence-electron chi connectivity index (χ0n) is 12.8. The van der Waals surface area contributed by atoms with E-state index in [-0.39, 0.29) is 0 Å². The number of hydrogen-bond donors (Lipinski definition) is 0. The molecule has 0 aromatic heterocycles. The summed E-state index contributed by atoms with van der Waals surface area (Å²) in [5.41, 5.74) is 0. The van der Waals surface area contributed by atoms with E-state index in [4.69, 9.17) is 4.74 Å². The molecule has 1 aliphatic heterocycles. The first kappa shape index (κ1) is 16.0. The largest absolute Gasteiger partial charge is 0.353 e. The predicted octanol–water partition coefficient (Wildman–Crippen LogP) is 4.58. The van der Waals surface area contributed by atoms with E-state index in [0.717, 1.165) is 0 Å². The van der Waals surface area contributed by atoms with Gasteiger partial charge in [0, 0.05) is 13.1 Å². The van der Waals surface area contributed by atoms with E-state index in [9.17, 15) is 0 Å². The molecule has 108 valence electrons. The van der Waals surface area contributed by atoms with Crippen molar-refractivity contribution in [2.45, 2.75) is 90.9 Å². The van der Waals surface area contributed by atoms with Gasteiger partial charge in [-0.05, 0) is 19.3 Å². The Balaban J connectivity index is 2.15. The minimum Gasteiger partial charge on any atom is -0.353 e. The van der Waals surface area contributed by atoms with Crippen molar-refractivity contribution in [2.24, 2.45) is 0 Å². The standard InChI is InChI=1S/C16H33NO/c1-4-7-10-11-12-15-16(18-15)17(13-8-5-2)14-9-6-3/h15-16H,4-14H2,1-3H3. The van der Waals surface area contributed by atoms with Crippen LogP contribution < -0.4 is 0 Å². The van der Waals surface area contributed by atoms with E-state index in [0.29, 0.717) is 12.3 Å². The summed E-state index contributed by atoms with van der Waals surface area (Å²) in [6.07, 6.45) is 12.9. The molecule has 2 nitrogen and oxygen atoms in total. The summed E-state index contributed by atoms with van der Waals surface area (Å²) in [4.78, 5) is 2.58. The van der Waals surface area contributed by atoms with Crippen LogP contribution in [0.5, 0.6) is 0 Å². The van der Waals surface area contributed by atoms with Crippen molar-refractivity contribution in [2.75, 3.05) is 13.1 Å². The number of nitrogens with zero attached hydrogens (tertiary/aromatic N) is 1. The lowest BCUT2D eigenvalue weighted by Gasteiger charge is -2.19. The smallest absolute Gasteiger partial charge is 0.137 e. The molecule has 0 amide bonds.